The lowest BCUT2D eigenvalue weighted by atomic mass is 10.1. The number of benzene rings is 1. The van der Waals surface area contributed by atoms with E-state index in [1.807, 2.05) is 0 Å². The van der Waals surface area contributed by atoms with Gasteiger partial charge in [-0.15, -0.1) is 0 Å². The zero-order valence-corrected chi connectivity index (χ0v) is 10.3. The molecule has 0 unspecified atom stereocenters. The maximum absolute atomic E-state index is 11.8. The highest BCUT2D eigenvalue weighted by Gasteiger charge is 2.13. The van der Waals surface area contributed by atoms with Gasteiger partial charge in [0.25, 0.3) is 6.43 Å². The molecule has 0 aliphatic rings. The summed E-state index contributed by atoms with van der Waals surface area (Å²) in [7, 11) is 0. The van der Waals surface area contributed by atoms with E-state index < -0.39 is 24.9 Å². The zero-order valence-electron chi connectivity index (χ0n) is 10.3. The number of anilines is 1. The average molecular weight is 289 g/mol. The summed E-state index contributed by atoms with van der Waals surface area (Å²) in [6, 6.07) is 3.44. The number of carboxylic acids is 1. The van der Waals surface area contributed by atoms with Gasteiger partial charge in [0.15, 0.2) is 0 Å². The lowest BCUT2D eigenvalue weighted by Gasteiger charge is -2.09. The first-order chi connectivity index (χ1) is 9.40. The van der Waals surface area contributed by atoms with Crippen LogP contribution in [0.25, 0.3) is 0 Å². The summed E-state index contributed by atoms with van der Waals surface area (Å²) in [6.45, 7) is -0.955. The van der Waals surface area contributed by atoms with Gasteiger partial charge in [-0.2, -0.15) is 0 Å². The molecule has 0 aliphatic carbocycles. The standard InChI is InChI=1S/C12H13F2NO5/c13-10(14)6-20-4-3-11(17)15-9-2-1-7(16)5-8(9)12(18)19/h1-2,5,10,16H,3-4,6H2,(H,15,17)(H,18,19). The van der Waals surface area contributed by atoms with Crippen molar-refractivity contribution in [2.45, 2.75) is 12.8 Å². The zero-order chi connectivity index (χ0) is 15.1. The molecule has 0 fully saturated rings. The maximum Gasteiger partial charge on any atom is 0.337 e. The minimum absolute atomic E-state index is 0.00848. The van der Waals surface area contributed by atoms with Crippen molar-refractivity contribution >= 4 is 17.6 Å². The number of carboxylic acid groups (broad SMARTS) is 1. The van der Waals surface area contributed by atoms with Gasteiger partial charge in [-0.25, -0.2) is 13.6 Å². The van der Waals surface area contributed by atoms with Gasteiger partial charge in [0, 0.05) is 0 Å². The molecule has 0 bridgehead atoms. The molecule has 0 atom stereocenters. The Bertz CT molecular complexity index is 493. The smallest absolute Gasteiger partial charge is 0.337 e. The number of phenols is 1. The summed E-state index contributed by atoms with van der Waals surface area (Å²) < 4.78 is 28.1. The Labute approximate surface area is 113 Å². The lowest BCUT2D eigenvalue weighted by Crippen LogP contribution is -2.17. The SMILES string of the molecule is O=C(CCOCC(F)F)Nc1ccc(O)cc1C(=O)O. The minimum atomic E-state index is -2.60. The van der Waals surface area contributed by atoms with E-state index in [0.29, 0.717) is 0 Å². The quantitative estimate of drug-likeness (QED) is 0.524. The number of alkyl halides is 2. The molecule has 3 N–H and O–H groups in total. The molecule has 0 radical (unpaired) electrons. The van der Waals surface area contributed by atoms with Crippen molar-refractivity contribution in [1.29, 1.82) is 0 Å². The molecule has 0 saturated carbocycles. The summed E-state index contributed by atoms with van der Waals surface area (Å²) in [5.74, 6) is -2.14. The molecule has 6 nitrogen and oxygen atoms in total. The molecule has 1 amide bonds. The number of carbonyl (C=O) groups excluding carboxylic acids is 1. The van der Waals surface area contributed by atoms with E-state index in [-0.39, 0.29) is 30.0 Å². The molecule has 0 saturated heterocycles. The molecular weight excluding hydrogens is 276 g/mol. The fourth-order valence-corrected chi connectivity index (χ4v) is 1.37. The van der Waals surface area contributed by atoms with Crippen molar-refractivity contribution in [3.8, 4) is 5.75 Å². The second kappa shape index (κ2) is 7.39. The van der Waals surface area contributed by atoms with Crippen molar-refractivity contribution < 1.29 is 33.3 Å². The third-order valence-electron chi connectivity index (χ3n) is 2.22. The Kier molecular flexibility index (Phi) is 5.85. The second-order valence-corrected chi connectivity index (χ2v) is 3.80. The molecule has 0 heterocycles. The number of hydrogen-bond acceptors (Lipinski definition) is 4. The van der Waals surface area contributed by atoms with Crippen LogP contribution in [0.1, 0.15) is 16.8 Å². The number of nitrogens with one attached hydrogen (secondary N) is 1. The van der Waals surface area contributed by atoms with Crippen LogP contribution in [0.5, 0.6) is 5.75 Å². The van der Waals surface area contributed by atoms with Crippen LogP contribution in [-0.4, -0.2) is 41.7 Å². The van der Waals surface area contributed by atoms with Crippen molar-refractivity contribution in [2.24, 2.45) is 0 Å². The minimum Gasteiger partial charge on any atom is -0.508 e. The van der Waals surface area contributed by atoms with E-state index >= 15 is 0 Å². The molecule has 1 rings (SSSR count). The molecule has 1 aromatic rings. The van der Waals surface area contributed by atoms with Gasteiger partial charge >= 0.3 is 5.97 Å². The number of hydrogen-bond donors (Lipinski definition) is 3. The second-order valence-electron chi connectivity index (χ2n) is 3.80. The van der Waals surface area contributed by atoms with E-state index in [9.17, 15) is 23.5 Å². The highest BCUT2D eigenvalue weighted by molar-refractivity contribution is 6.00. The highest BCUT2D eigenvalue weighted by atomic mass is 19.3. The van der Waals surface area contributed by atoms with Gasteiger partial charge in [0.1, 0.15) is 12.4 Å². The highest BCUT2D eigenvalue weighted by Crippen LogP contribution is 2.21. The summed E-state index contributed by atoms with van der Waals surface area (Å²) >= 11 is 0. The van der Waals surface area contributed by atoms with Gasteiger partial charge in [-0.05, 0) is 18.2 Å². The monoisotopic (exact) mass is 289 g/mol. The molecule has 0 spiro atoms. The largest absolute Gasteiger partial charge is 0.508 e. The Morgan fingerprint density at radius 1 is 1.35 bits per heavy atom. The number of rotatable bonds is 7. The van der Waals surface area contributed by atoms with Gasteiger partial charge in [-0.1, -0.05) is 0 Å². The predicted molar refractivity (Wildman–Crippen MR) is 65.1 cm³/mol. The molecular formula is C12H13F2NO5. The number of aromatic hydroxyl groups is 1. The topological polar surface area (TPSA) is 95.9 Å². The van der Waals surface area contributed by atoms with Crippen LogP contribution < -0.4 is 5.32 Å². The van der Waals surface area contributed by atoms with Crippen LogP contribution in [0.2, 0.25) is 0 Å². The van der Waals surface area contributed by atoms with E-state index in [2.05, 4.69) is 10.1 Å². The summed E-state index contributed by atoms with van der Waals surface area (Å²) in [4.78, 5) is 22.4. The Balaban J connectivity index is 2.55. The first-order valence-electron chi connectivity index (χ1n) is 5.62. The van der Waals surface area contributed by atoms with Gasteiger partial charge < -0.3 is 20.3 Å². The Hall–Kier alpha value is -2.22. The summed E-state index contributed by atoms with van der Waals surface area (Å²) in [6.07, 6.45) is -2.79. The van der Waals surface area contributed by atoms with Gasteiger partial charge in [0.05, 0.1) is 24.3 Å². The van der Waals surface area contributed by atoms with Crippen LogP contribution >= 0.6 is 0 Å². The first kappa shape index (κ1) is 15.8. The van der Waals surface area contributed by atoms with Crippen LogP contribution in [0.4, 0.5) is 14.5 Å². The van der Waals surface area contributed by atoms with Crippen molar-refractivity contribution in [3.05, 3.63) is 23.8 Å². The van der Waals surface area contributed by atoms with Crippen LogP contribution in [-0.2, 0) is 9.53 Å². The fraction of sp³-hybridized carbons (Fsp3) is 0.333. The van der Waals surface area contributed by atoms with E-state index in [0.717, 1.165) is 6.07 Å². The Morgan fingerprint density at radius 2 is 2.05 bits per heavy atom. The summed E-state index contributed by atoms with van der Waals surface area (Å²) in [5.41, 5.74) is -0.263. The molecule has 8 heteroatoms. The van der Waals surface area contributed by atoms with Gasteiger partial charge in [-0.3, -0.25) is 4.79 Å². The number of ether oxygens (including phenoxy) is 1. The van der Waals surface area contributed by atoms with E-state index in [1.165, 1.54) is 12.1 Å². The molecule has 1 aromatic carbocycles. The van der Waals surface area contributed by atoms with E-state index in [1.54, 1.807) is 0 Å². The molecule has 20 heavy (non-hydrogen) atoms. The lowest BCUT2D eigenvalue weighted by molar-refractivity contribution is -0.117. The predicted octanol–water partition coefficient (Wildman–Crippen LogP) is 1.70. The van der Waals surface area contributed by atoms with E-state index in [4.69, 9.17) is 5.11 Å². The number of carbonyl (C=O) groups is 2. The first-order valence-corrected chi connectivity index (χ1v) is 5.62. The van der Waals surface area contributed by atoms with Crippen LogP contribution in [0.15, 0.2) is 18.2 Å². The number of halogens is 2. The summed E-state index contributed by atoms with van der Waals surface area (Å²) in [5, 5.41) is 20.4. The molecule has 110 valence electrons. The van der Waals surface area contributed by atoms with Crippen LogP contribution in [0.3, 0.4) is 0 Å². The normalized spacial score (nSPS) is 10.6. The Morgan fingerprint density at radius 3 is 2.65 bits per heavy atom. The number of amides is 1. The fourth-order valence-electron chi connectivity index (χ4n) is 1.37. The van der Waals surface area contributed by atoms with Gasteiger partial charge in [0.2, 0.25) is 5.91 Å². The van der Waals surface area contributed by atoms with Crippen LogP contribution in [0, 0.1) is 0 Å². The van der Waals surface area contributed by atoms with Crippen molar-refractivity contribution in [1.82, 2.24) is 0 Å². The maximum atomic E-state index is 11.8. The number of phenolic OH excluding ortho intramolecular Hbond substituents is 1. The van der Waals surface area contributed by atoms with Crippen molar-refractivity contribution in [3.63, 3.8) is 0 Å². The number of aromatic carboxylic acids is 1. The molecule has 0 aliphatic heterocycles. The average Bonchev–Trinajstić information content (AvgIpc) is 2.36. The molecule has 0 aromatic heterocycles. The third kappa shape index (κ3) is 5.19. The third-order valence-corrected chi connectivity index (χ3v) is 2.22. The van der Waals surface area contributed by atoms with Crippen molar-refractivity contribution in [2.75, 3.05) is 18.5 Å².